The summed E-state index contributed by atoms with van der Waals surface area (Å²) in [6.45, 7) is 1.90. The lowest BCUT2D eigenvalue weighted by atomic mass is 10.0. The van der Waals surface area contributed by atoms with Crippen molar-refractivity contribution in [1.82, 2.24) is 9.55 Å². The van der Waals surface area contributed by atoms with E-state index in [0.717, 1.165) is 16.6 Å². The van der Waals surface area contributed by atoms with Crippen LogP contribution in [0.1, 0.15) is 18.3 Å². The van der Waals surface area contributed by atoms with Crippen LogP contribution in [-0.2, 0) is 29.6 Å². The van der Waals surface area contributed by atoms with Gasteiger partial charge in [0.25, 0.3) is 0 Å². The molecule has 0 fully saturated rings. The molecule has 2 aromatic carbocycles. The van der Waals surface area contributed by atoms with E-state index in [4.69, 9.17) is 4.74 Å². The fourth-order valence-electron chi connectivity index (χ4n) is 2.70. The molecule has 1 heterocycles. The summed E-state index contributed by atoms with van der Waals surface area (Å²) >= 11 is 0. The normalized spacial score (nSPS) is 12.3. The number of fused-ring (bicyclic) bond motifs is 1. The molecule has 0 saturated carbocycles. The van der Waals surface area contributed by atoms with Gasteiger partial charge in [-0.3, -0.25) is 4.79 Å². The van der Waals surface area contributed by atoms with Crippen LogP contribution in [0.25, 0.3) is 11.0 Å². The smallest absolute Gasteiger partial charge is 0.309 e. The van der Waals surface area contributed by atoms with E-state index < -0.39 is 0 Å². The first kappa shape index (κ1) is 16.2. The van der Waals surface area contributed by atoms with E-state index in [1.54, 1.807) is 19.1 Å². The third kappa shape index (κ3) is 3.45. The van der Waals surface area contributed by atoms with Crippen LogP contribution in [0, 0.1) is 11.7 Å². The summed E-state index contributed by atoms with van der Waals surface area (Å²) in [5, 5.41) is 0. The topological polar surface area (TPSA) is 44.1 Å². The molecule has 1 atom stereocenters. The standard InChI is InChI=1S/C19H19FN2O2/c1-13(10-14-6-5-7-15(20)11-14)19(23)24-12-18-21-16-8-3-4-9-17(16)22(18)2/h3-9,11,13H,10,12H2,1-2H3. The number of aromatic nitrogens is 2. The molecule has 0 saturated heterocycles. The minimum absolute atomic E-state index is 0.123. The molecule has 4 nitrogen and oxygen atoms in total. The van der Waals surface area contributed by atoms with Gasteiger partial charge in [-0.2, -0.15) is 0 Å². The van der Waals surface area contributed by atoms with Crippen LogP contribution in [0.2, 0.25) is 0 Å². The zero-order chi connectivity index (χ0) is 17.1. The summed E-state index contributed by atoms with van der Waals surface area (Å²) in [6, 6.07) is 14.0. The highest BCUT2D eigenvalue weighted by atomic mass is 19.1. The molecule has 3 aromatic rings. The van der Waals surface area contributed by atoms with Crippen LogP contribution in [0.5, 0.6) is 0 Å². The Morgan fingerprint density at radius 3 is 2.79 bits per heavy atom. The predicted molar refractivity (Wildman–Crippen MR) is 89.8 cm³/mol. The van der Waals surface area contributed by atoms with E-state index >= 15 is 0 Å². The van der Waals surface area contributed by atoms with Crippen molar-refractivity contribution < 1.29 is 13.9 Å². The van der Waals surface area contributed by atoms with Crippen molar-refractivity contribution in [3.63, 3.8) is 0 Å². The molecule has 0 N–H and O–H groups in total. The second kappa shape index (κ2) is 6.83. The molecule has 1 unspecified atom stereocenters. The average Bonchev–Trinajstić information content (AvgIpc) is 2.89. The van der Waals surface area contributed by atoms with Crippen molar-refractivity contribution >= 4 is 17.0 Å². The maximum absolute atomic E-state index is 13.2. The molecule has 0 spiro atoms. The van der Waals surface area contributed by atoms with Crippen molar-refractivity contribution in [2.75, 3.05) is 0 Å². The van der Waals surface area contributed by atoms with E-state index in [9.17, 15) is 9.18 Å². The van der Waals surface area contributed by atoms with Gasteiger partial charge in [-0.05, 0) is 36.2 Å². The Balaban J connectivity index is 1.63. The number of hydrogen-bond acceptors (Lipinski definition) is 3. The van der Waals surface area contributed by atoms with Crippen molar-refractivity contribution in [2.45, 2.75) is 20.0 Å². The first-order valence-electron chi connectivity index (χ1n) is 7.86. The second-order valence-corrected chi connectivity index (χ2v) is 5.92. The summed E-state index contributed by atoms with van der Waals surface area (Å²) in [4.78, 5) is 16.7. The van der Waals surface area contributed by atoms with Crippen molar-refractivity contribution in [1.29, 1.82) is 0 Å². The van der Waals surface area contributed by atoms with Crippen LogP contribution in [-0.4, -0.2) is 15.5 Å². The fraction of sp³-hybridized carbons (Fsp3) is 0.263. The molecule has 1 aromatic heterocycles. The Morgan fingerprint density at radius 2 is 2.04 bits per heavy atom. The van der Waals surface area contributed by atoms with Gasteiger partial charge < -0.3 is 9.30 Å². The highest BCUT2D eigenvalue weighted by Gasteiger charge is 2.17. The van der Waals surface area contributed by atoms with Crippen LogP contribution < -0.4 is 0 Å². The number of aryl methyl sites for hydroxylation is 1. The molecule has 0 aliphatic carbocycles. The lowest BCUT2D eigenvalue weighted by molar-refractivity contribution is -0.149. The zero-order valence-electron chi connectivity index (χ0n) is 13.7. The number of nitrogens with zero attached hydrogens (tertiary/aromatic N) is 2. The molecule has 24 heavy (non-hydrogen) atoms. The minimum atomic E-state index is -0.346. The first-order chi connectivity index (χ1) is 11.5. The van der Waals surface area contributed by atoms with Crippen LogP contribution in [0.15, 0.2) is 48.5 Å². The molecule has 0 aliphatic rings. The summed E-state index contributed by atoms with van der Waals surface area (Å²) in [7, 11) is 1.90. The Hall–Kier alpha value is -2.69. The van der Waals surface area contributed by atoms with Crippen LogP contribution >= 0.6 is 0 Å². The molecule has 124 valence electrons. The van der Waals surface area contributed by atoms with E-state index in [2.05, 4.69) is 4.98 Å². The van der Waals surface area contributed by atoms with Crippen LogP contribution in [0.4, 0.5) is 4.39 Å². The van der Waals surface area contributed by atoms with Crippen molar-refractivity contribution in [2.24, 2.45) is 13.0 Å². The zero-order valence-corrected chi connectivity index (χ0v) is 13.7. The lowest BCUT2D eigenvalue weighted by Crippen LogP contribution is -2.18. The summed E-state index contributed by atoms with van der Waals surface area (Å²) in [5.41, 5.74) is 2.65. The van der Waals surface area contributed by atoms with E-state index in [-0.39, 0.29) is 24.3 Å². The third-order valence-electron chi connectivity index (χ3n) is 4.06. The van der Waals surface area contributed by atoms with Gasteiger partial charge in [0.05, 0.1) is 17.0 Å². The summed E-state index contributed by atoms with van der Waals surface area (Å²) in [5.74, 6) is -0.261. The highest BCUT2D eigenvalue weighted by Crippen LogP contribution is 2.16. The van der Waals surface area contributed by atoms with Crippen LogP contribution in [0.3, 0.4) is 0 Å². The molecular weight excluding hydrogens is 307 g/mol. The SMILES string of the molecule is CC(Cc1cccc(F)c1)C(=O)OCc1nc2ccccc2n1C. The van der Waals surface area contributed by atoms with Gasteiger partial charge in [-0.15, -0.1) is 0 Å². The number of halogens is 1. The van der Waals surface area contributed by atoms with E-state index in [1.807, 2.05) is 35.9 Å². The van der Waals surface area contributed by atoms with Gasteiger partial charge in [0.2, 0.25) is 0 Å². The maximum atomic E-state index is 13.2. The fourth-order valence-corrected chi connectivity index (χ4v) is 2.70. The van der Waals surface area contributed by atoms with Gasteiger partial charge in [-0.25, -0.2) is 9.37 Å². The molecule has 0 aliphatic heterocycles. The number of carbonyl (C=O) groups excluding carboxylic acids is 1. The molecule has 3 rings (SSSR count). The third-order valence-corrected chi connectivity index (χ3v) is 4.06. The summed E-state index contributed by atoms with van der Waals surface area (Å²) < 4.78 is 20.5. The number of ether oxygens (including phenoxy) is 1. The quantitative estimate of drug-likeness (QED) is 0.673. The Kier molecular flexibility index (Phi) is 4.60. The number of imidazole rings is 1. The Labute approximate surface area is 139 Å². The maximum Gasteiger partial charge on any atom is 0.309 e. The summed E-state index contributed by atoms with van der Waals surface area (Å²) in [6.07, 6.45) is 0.444. The average molecular weight is 326 g/mol. The lowest BCUT2D eigenvalue weighted by Gasteiger charge is -2.11. The minimum Gasteiger partial charge on any atom is -0.457 e. The second-order valence-electron chi connectivity index (χ2n) is 5.92. The molecule has 0 radical (unpaired) electrons. The van der Waals surface area contributed by atoms with Crippen molar-refractivity contribution in [3.8, 4) is 0 Å². The van der Waals surface area contributed by atoms with E-state index in [0.29, 0.717) is 12.2 Å². The number of esters is 1. The number of carbonyl (C=O) groups is 1. The van der Waals surface area contributed by atoms with Gasteiger partial charge in [0, 0.05) is 7.05 Å². The number of para-hydroxylation sites is 2. The predicted octanol–water partition coefficient (Wildman–Crippen LogP) is 3.63. The molecular formula is C19H19FN2O2. The van der Waals surface area contributed by atoms with Gasteiger partial charge >= 0.3 is 5.97 Å². The van der Waals surface area contributed by atoms with Gasteiger partial charge in [0.1, 0.15) is 18.2 Å². The van der Waals surface area contributed by atoms with E-state index in [1.165, 1.54) is 12.1 Å². The number of rotatable bonds is 5. The van der Waals surface area contributed by atoms with Gasteiger partial charge in [0.15, 0.2) is 0 Å². The van der Waals surface area contributed by atoms with Crippen molar-refractivity contribution in [3.05, 3.63) is 65.7 Å². The molecule has 0 amide bonds. The van der Waals surface area contributed by atoms with Gasteiger partial charge in [-0.1, -0.05) is 31.2 Å². The highest BCUT2D eigenvalue weighted by molar-refractivity contribution is 5.76. The number of benzene rings is 2. The largest absolute Gasteiger partial charge is 0.457 e. The monoisotopic (exact) mass is 326 g/mol. The molecule has 0 bridgehead atoms. The first-order valence-corrected chi connectivity index (χ1v) is 7.86. The Morgan fingerprint density at radius 1 is 1.25 bits per heavy atom. The number of hydrogen-bond donors (Lipinski definition) is 0. The molecule has 5 heteroatoms. The Bertz CT molecular complexity index is 873.